The molecule has 168 valence electrons. The van der Waals surface area contributed by atoms with E-state index in [9.17, 15) is 9.59 Å². The SMILES string of the molecule is CC[C@@H](C)c1ccc([C@H]([NH2+]CC(=O)Nc2cc(NC(C)=O)ccc2OC)C(C)C)cc1. The first-order valence-electron chi connectivity index (χ1n) is 10.9. The summed E-state index contributed by atoms with van der Waals surface area (Å²) >= 11 is 0. The molecule has 0 aliphatic rings. The van der Waals surface area contributed by atoms with Crippen molar-refractivity contribution in [3.8, 4) is 5.75 Å². The Hall–Kier alpha value is -2.86. The minimum atomic E-state index is -0.171. The van der Waals surface area contributed by atoms with Crippen LogP contribution in [0.25, 0.3) is 0 Å². The Balaban J connectivity index is 2.06. The predicted octanol–water partition coefficient (Wildman–Crippen LogP) is 4.07. The number of nitrogens with two attached hydrogens (primary N) is 1. The Labute approximate surface area is 185 Å². The number of quaternary nitrogens is 1. The molecule has 0 bridgehead atoms. The summed E-state index contributed by atoms with van der Waals surface area (Å²) < 4.78 is 5.34. The number of hydrogen-bond acceptors (Lipinski definition) is 3. The van der Waals surface area contributed by atoms with Crippen molar-refractivity contribution in [2.45, 2.75) is 53.0 Å². The van der Waals surface area contributed by atoms with Crippen molar-refractivity contribution in [3.63, 3.8) is 0 Å². The van der Waals surface area contributed by atoms with Gasteiger partial charge in [-0.2, -0.15) is 0 Å². The molecule has 31 heavy (non-hydrogen) atoms. The lowest BCUT2D eigenvalue weighted by molar-refractivity contribution is -0.692. The average Bonchev–Trinajstić information content (AvgIpc) is 2.73. The van der Waals surface area contributed by atoms with Crippen LogP contribution in [0.3, 0.4) is 0 Å². The summed E-state index contributed by atoms with van der Waals surface area (Å²) in [5.74, 6) is 1.17. The number of benzene rings is 2. The van der Waals surface area contributed by atoms with E-state index in [1.807, 2.05) is 0 Å². The van der Waals surface area contributed by atoms with Crippen LogP contribution in [0.15, 0.2) is 42.5 Å². The molecule has 6 nitrogen and oxygen atoms in total. The van der Waals surface area contributed by atoms with Crippen molar-refractivity contribution < 1.29 is 19.6 Å². The van der Waals surface area contributed by atoms with Gasteiger partial charge in [-0.15, -0.1) is 0 Å². The van der Waals surface area contributed by atoms with Crippen LogP contribution in [0.1, 0.15) is 64.1 Å². The van der Waals surface area contributed by atoms with Gasteiger partial charge in [-0.05, 0) is 36.1 Å². The van der Waals surface area contributed by atoms with Crippen molar-refractivity contribution in [1.29, 1.82) is 0 Å². The third kappa shape index (κ3) is 7.10. The average molecular weight is 427 g/mol. The van der Waals surface area contributed by atoms with E-state index in [2.05, 4.69) is 67.9 Å². The number of rotatable bonds is 10. The molecule has 0 heterocycles. The first-order valence-corrected chi connectivity index (χ1v) is 10.9. The summed E-state index contributed by atoms with van der Waals surface area (Å²) in [5.41, 5.74) is 3.71. The van der Waals surface area contributed by atoms with Gasteiger partial charge in [0.05, 0.1) is 12.8 Å². The third-order valence-electron chi connectivity index (χ3n) is 5.57. The van der Waals surface area contributed by atoms with Crippen molar-refractivity contribution in [2.75, 3.05) is 24.3 Å². The molecule has 4 N–H and O–H groups in total. The van der Waals surface area contributed by atoms with Gasteiger partial charge in [0.1, 0.15) is 11.8 Å². The predicted molar refractivity (Wildman–Crippen MR) is 125 cm³/mol. The zero-order valence-electron chi connectivity index (χ0n) is 19.5. The summed E-state index contributed by atoms with van der Waals surface area (Å²) in [6.45, 7) is 10.5. The summed E-state index contributed by atoms with van der Waals surface area (Å²) in [7, 11) is 1.55. The number of ether oxygens (including phenoxy) is 1. The maximum absolute atomic E-state index is 12.7. The molecule has 0 saturated heterocycles. The molecule has 6 heteroatoms. The Morgan fingerprint density at radius 2 is 1.65 bits per heavy atom. The monoisotopic (exact) mass is 426 g/mol. The van der Waals surface area contributed by atoms with Gasteiger partial charge in [0.2, 0.25) is 5.91 Å². The Morgan fingerprint density at radius 1 is 1.00 bits per heavy atom. The van der Waals surface area contributed by atoms with Gasteiger partial charge in [-0.1, -0.05) is 52.0 Å². The number of amides is 2. The molecule has 2 rings (SSSR count). The van der Waals surface area contributed by atoms with Crippen LogP contribution in [0.2, 0.25) is 0 Å². The Bertz CT molecular complexity index is 878. The molecule has 0 spiro atoms. The number of carbonyl (C=O) groups is 2. The van der Waals surface area contributed by atoms with Crippen LogP contribution < -0.4 is 20.7 Å². The molecule has 0 aromatic heterocycles. The fourth-order valence-corrected chi connectivity index (χ4v) is 3.60. The van der Waals surface area contributed by atoms with E-state index >= 15 is 0 Å². The molecule has 2 aromatic rings. The van der Waals surface area contributed by atoms with Gasteiger partial charge in [-0.25, -0.2) is 0 Å². The topological polar surface area (TPSA) is 84.0 Å². The summed E-state index contributed by atoms with van der Waals surface area (Å²) in [5, 5.41) is 7.70. The first-order chi connectivity index (χ1) is 14.7. The summed E-state index contributed by atoms with van der Waals surface area (Å²) in [6.07, 6.45) is 1.12. The van der Waals surface area contributed by atoms with Crippen LogP contribution in [0, 0.1) is 5.92 Å². The van der Waals surface area contributed by atoms with Crippen molar-refractivity contribution in [3.05, 3.63) is 53.6 Å². The minimum absolute atomic E-state index is 0.125. The standard InChI is InChI=1S/C25H35N3O3/c1-7-17(4)19-8-10-20(11-9-19)25(16(2)3)26-15-24(30)28-22-14-21(27-18(5)29)12-13-23(22)31-6/h8-14,16-17,25-26H,7,15H2,1-6H3,(H,27,29)(H,28,30)/p+1/t17-,25-/m1/s1. The second kappa shape index (κ2) is 11.5. The highest BCUT2D eigenvalue weighted by Gasteiger charge is 2.21. The highest BCUT2D eigenvalue weighted by Crippen LogP contribution is 2.28. The molecular formula is C25H36N3O3+. The van der Waals surface area contributed by atoms with Crippen LogP contribution in [0.4, 0.5) is 11.4 Å². The van der Waals surface area contributed by atoms with E-state index in [0.29, 0.717) is 29.0 Å². The molecule has 2 atom stereocenters. The highest BCUT2D eigenvalue weighted by molar-refractivity contribution is 5.95. The van der Waals surface area contributed by atoms with Crippen LogP contribution in [-0.2, 0) is 9.59 Å². The number of methoxy groups -OCH3 is 1. The van der Waals surface area contributed by atoms with Gasteiger partial charge in [0.15, 0.2) is 6.54 Å². The molecule has 0 aliphatic carbocycles. The second-order valence-electron chi connectivity index (χ2n) is 8.33. The van der Waals surface area contributed by atoms with Gasteiger partial charge in [0, 0.05) is 24.1 Å². The van der Waals surface area contributed by atoms with E-state index < -0.39 is 0 Å². The maximum Gasteiger partial charge on any atom is 0.279 e. The van der Waals surface area contributed by atoms with Gasteiger partial charge in [0.25, 0.3) is 5.91 Å². The van der Waals surface area contributed by atoms with Crippen LogP contribution in [-0.4, -0.2) is 25.5 Å². The molecule has 0 saturated carbocycles. The zero-order valence-corrected chi connectivity index (χ0v) is 19.5. The molecular weight excluding hydrogens is 390 g/mol. The lowest BCUT2D eigenvalue weighted by atomic mass is 9.92. The normalized spacial score (nSPS) is 12.9. The lowest BCUT2D eigenvalue weighted by Crippen LogP contribution is -2.88. The van der Waals surface area contributed by atoms with Crippen LogP contribution in [0.5, 0.6) is 5.75 Å². The minimum Gasteiger partial charge on any atom is -0.495 e. The largest absolute Gasteiger partial charge is 0.495 e. The van der Waals surface area contributed by atoms with E-state index in [-0.39, 0.29) is 24.4 Å². The molecule has 0 unspecified atom stereocenters. The van der Waals surface area contributed by atoms with Crippen molar-refractivity contribution in [1.82, 2.24) is 0 Å². The van der Waals surface area contributed by atoms with Gasteiger partial charge < -0.3 is 20.7 Å². The van der Waals surface area contributed by atoms with Crippen molar-refractivity contribution >= 4 is 23.2 Å². The van der Waals surface area contributed by atoms with Gasteiger partial charge >= 0.3 is 0 Å². The molecule has 0 fully saturated rings. The zero-order chi connectivity index (χ0) is 23.0. The summed E-state index contributed by atoms with van der Waals surface area (Å²) in [4.78, 5) is 24.0. The number of hydrogen-bond donors (Lipinski definition) is 3. The van der Waals surface area contributed by atoms with E-state index in [1.54, 1.807) is 25.3 Å². The number of nitrogens with one attached hydrogen (secondary N) is 2. The Morgan fingerprint density at radius 3 is 2.19 bits per heavy atom. The third-order valence-corrected chi connectivity index (χ3v) is 5.57. The Kier molecular flexibility index (Phi) is 9.06. The first kappa shape index (κ1) is 24.4. The molecule has 0 aliphatic heterocycles. The summed E-state index contributed by atoms with van der Waals surface area (Å²) in [6, 6.07) is 14.1. The van der Waals surface area contributed by atoms with E-state index in [1.165, 1.54) is 18.1 Å². The fourth-order valence-electron chi connectivity index (χ4n) is 3.60. The molecule has 2 aromatic carbocycles. The lowest BCUT2D eigenvalue weighted by Gasteiger charge is -2.20. The quantitative estimate of drug-likeness (QED) is 0.535. The van der Waals surface area contributed by atoms with E-state index in [4.69, 9.17) is 4.74 Å². The van der Waals surface area contributed by atoms with Gasteiger partial charge in [-0.3, -0.25) is 9.59 Å². The molecule has 0 radical (unpaired) electrons. The number of anilines is 2. The smallest absolute Gasteiger partial charge is 0.279 e. The van der Waals surface area contributed by atoms with Crippen molar-refractivity contribution in [2.24, 2.45) is 5.92 Å². The van der Waals surface area contributed by atoms with E-state index in [0.717, 1.165) is 6.42 Å². The fraction of sp³-hybridized carbons (Fsp3) is 0.440. The highest BCUT2D eigenvalue weighted by atomic mass is 16.5. The number of carbonyl (C=O) groups excluding carboxylic acids is 2. The second-order valence-corrected chi connectivity index (χ2v) is 8.33. The molecule has 2 amide bonds. The maximum atomic E-state index is 12.7. The van der Waals surface area contributed by atoms with Crippen LogP contribution >= 0.6 is 0 Å².